The van der Waals surface area contributed by atoms with Gasteiger partial charge in [-0.05, 0) is 42.6 Å². The summed E-state index contributed by atoms with van der Waals surface area (Å²) in [5.74, 6) is 1.42. The number of piperidine rings is 1. The first-order chi connectivity index (χ1) is 18.5. The minimum atomic E-state index is -0.524. The fourth-order valence-corrected chi connectivity index (χ4v) is 6.11. The van der Waals surface area contributed by atoms with Crippen LogP contribution in [0.1, 0.15) is 25.7 Å². The lowest BCUT2D eigenvalue weighted by Gasteiger charge is -2.33. The topological polar surface area (TPSA) is 116 Å². The maximum absolute atomic E-state index is 16.3. The van der Waals surface area contributed by atoms with Gasteiger partial charge in [0.2, 0.25) is 0 Å². The maximum atomic E-state index is 16.3. The van der Waals surface area contributed by atoms with Crippen LogP contribution in [-0.4, -0.2) is 47.2 Å². The average Bonchev–Trinajstić information content (AvgIpc) is 3.25. The van der Waals surface area contributed by atoms with Gasteiger partial charge < -0.3 is 21.1 Å². The second-order valence-corrected chi connectivity index (χ2v) is 10.5. The van der Waals surface area contributed by atoms with Crippen molar-refractivity contribution in [1.82, 2.24) is 15.0 Å². The number of nitrogens with two attached hydrogens (primary N) is 2. The van der Waals surface area contributed by atoms with Crippen molar-refractivity contribution >= 4 is 45.1 Å². The first-order valence-electron chi connectivity index (χ1n) is 12.9. The first-order valence-corrected chi connectivity index (χ1v) is 13.3. The summed E-state index contributed by atoms with van der Waals surface area (Å²) in [6, 6.07) is 11.4. The molecule has 0 amide bonds. The molecular weight excluding hydrogens is 505 g/mol. The van der Waals surface area contributed by atoms with E-state index in [1.807, 2.05) is 30.3 Å². The van der Waals surface area contributed by atoms with Crippen molar-refractivity contribution in [3.05, 3.63) is 53.4 Å². The SMILES string of the molecule is NC(N)=NCCCOc1nc(N2CC3CCC(C3)C2)c2cnc(-c3cccc4cccc(Cl)c34)c(F)c2n1. The van der Waals surface area contributed by atoms with Crippen molar-refractivity contribution in [2.24, 2.45) is 28.3 Å². The van der Waals surface area contributed by atoms with Crippen LogP contribution in [0.25, 0.3) is 32.9 Å². The molecule has 8 nitrogen and oxygen atoms in total. The number of fused-ring (bicyclic) bond motifs is 4. The van der Waals surface area contributed by atoms with E-state index in [0.717, 1.165) is 23.9 Å². The van der Waals surface area contributed by atoms with E-state index in [4.69, 9.17) is 32.8 Å². The number of guanidine groups is 1. The molecule has 1 aliphatic heterocycles. The predicted octanol–water partition coefficient (Wildman–Crippen LogP) is 4.92. The standard InChI is InChI=1S/C28H29ClFN7O/c29-21-7-2-5-18-4-1-6-19(22(18)21)24-23(30)25-20(13-34-24)26(37-14-16-8-9-17(12-16)15-37)36-28(35-25)38-11-3-10-33-27(31)32/h1-2,4-7,13,16-17H,3,8-12,14-15H2,(H4,31,32,33). The third-order valence-electron chi connectivity index (χ3n) is 7.49. The number of benzene rings is 2. The number of hydrogen-bond donors (Lipinski definition) is 2. The van der Waals surface area contributed by atoms with Crippen molar-refractivity contribution in [2.75, 3.05) is 31.1 Å². The average molecular weight is 534 g/mol. The molecule has 1 saturated carbocycles. The highest BCUT2D eigenvalue weighted by Crippen LogP contribution is 2.41. The Morgan fingerprint density at radius 1 is 1.11 bits per heavy atom. The summed E-state index contributed by atoms with van der Waals surface area (Å²) in [5, 5.41) is 2.77. The monoisotopic (exact) mass is 533 g/mol. The minimum absolute atomic E-state index is 0.0320. The zero-order valence-corrected chi connectivity index (χ0v) is 21.7. The van der Waals surface area contributed by atoms with E-state index in [0.29, 0.717) is 53.2 Å². The molecule has 2 atom stereocenters. The van der Waals surface area contributed by atoms with Crippen LogP contribution in [0.15, 0.2) is 47.6 Å². The van der Waals surface area contributed by atoms with Crippen LogP contribution in [0.4, 0.5) is 10.2 Å². The Morgan fingerprint density at radius 3 is 2.63 bits per heavy atom. The van der Waals surface area contributed by atoms with Gasteiger partial charge in [0, 0.05) is 48.2 Å². The van der Waals surface area contributed by atoms with Crippen LogP contribution in [-0.2, 0) is 0 Å². The second-order valence-electron chi connectivity index (χ2n) is 10.1. The number of aromatic nitrogens is 3. The summed E-state index contributed by atoms with van der Waals surface area (Å²) in [7, 11) is 0. The molecule has 4 N–H and O–H groups in total. The van der Waals surface area contributed by atoms with Crippen molar-refractivity contribution in [3.63, 3.8) is 0 Å². The number of anilines is 1. The van der Waals surface area contributed by atoms with Crippen LogP contribution in [0, 0.1) is 17.7 Å². The molecule has 4 aromatic rings. The van der Waals surface area contributed by atoms with E-state index in [-0.39, 0.29) is 23.2 Å². The summed E-state index contributed by atoms with van der Waals surface area (Å²) in [4.78, 5) is 20.1. The zero-order chi connectivity index (χ0) is 26.2. The van der Waals surface area contributed by atoms with Gasteiger partial charge in [-0.25, -0.2) is 4.39 Å². The van der Waals surface area contributed by atoms with Crippen molar-refractivity contribution in [2.45, 2.75) is 25.7 Å². The number of rotatable bonds is 7. The fraction of sp³-hybridized carbons (Fsp3) is 0.357. The van der Waals surface area contributed by atoms with E-state index in [9.17, 15) is 0 Å². The number of pyridine rings is 1. The molecule has 2 fully saturated rings. The smallest absolute Gasteiger partial charge is 0.319 e. The number of halogens is 2. The number of aliphatic imine (C=N–C) groups is 1. The van der Waals surface area contributed by atoms with Crippen LogP contribution in [0.3, 0.4) is 0 Å². The third kappa shape index (κ3) is 4.67. The number of ether oxygens (including phenoxy) is 1. The number of hydrogen-bond acceptors (Lipinski definition) is 6. The van der Waals surface area contributed by atoms with Gasteiger partial charge in [0.1, 0.15) is 17.0 Å². The van der Waals surface area contributed by atoms with Crippen molar-refractivity contribution in [1.29, 1.82) is 0 Å². The molecule has 0 spiro atoms. The lowest BCUT2D eigenvalue weighted by Crippen LogP contribution is -2.37. The lowest BCUT2D eigenvalue weighted by molar-refractivity contribution is 0.289. The second kappa shape index (κ2) is 10.2. The molecule has 1 saturated heterocycles. The van der Waals surface area contributed by atoms with Crippen LogP contribution in [0.2, 0.25) is 5.02 Å². The number of nitrogens with zero attached hydrogens (tertiary/aromatic N) is 5. The van der Waals surface area contributed by atoms with E-state index < -0.39 is 5.82 Å². The highest BCUT2D eigenvalue weighted by molar-refractivity contribution is 6.36. The molecule has 3 heterocycles. The Bertz CT molecular complexity index is 1520. The molecule has 2 aliphatic rings. The highest BCUT2D eigenvalue weighted by atomic mass is 35.5. The Balaban J connectivity index is 1.44. The molecule has 1 aliphatic carbocycles. The predicted molar refractivity (Wildman–Crippen MR) is 149 cm³/mol. The zero-order valence-electron chi connectivity index (χ0n) is 20.9. The molecule has 0 radical (unpaired) electrons. The highest BCUT2D eigenvalue weighted by Gasteiger charge is 2.34. The van der Waals surface area contributed by atoms with E-state index >= 15 is 4.39 Å². The van der Waals surface area contributed by atoms with E-state index in [2.05, 4.69) is 19.9 Å². The van der Waals surface area contributed by atoms with Gasteiger partial charge in [-0.15, -0.1) is 0 Å². The fourth-order valence-electron chi connectivity index (χ4n) is 5.82. The van der Waals surface area contributed by atoms with E-state index in [1.165, 1.54) is 19.3 Å². The lowest BCUT2D eigenvalue weighted by atomic mass is 9.98. The van der Waals surface area contributed by atoms with Gasteiger partial charge in [-0.1, -0.05) is 41.9 Å². The van der Waals surface area contributed by atoms with Gasteiger partial charge in [0.15, 0.2) is 11.8 Å². The van der Waals surface area contributed by atoms with Gasteiger partial charge in [-0.3, -0.25) is 9.98 Å². The van der Waals surface area contributed by atoms with E-state index in [1.54, 1.807) is 12.3 Å². The molecular formula is C28H29ClFN7O. The summed E-state index contributed by atoms with van der Waals surface area (Å²) in [6.07, 6.45) is 5.93. The molecule has 10 heteroatoms. The molecule has 6 rings (SSSR count). The summed E-state index contributed by atoms with van der Waals surface area (Å²) in [6.45, 7) is 2.48. The quantitative estimate of drug-likeness (QED) is 0.197. The first kappa shape index (κ1) is 24.6. The van der Waals surface area contributed by atoms with Crippen LogP contribution < -0.4 is 21.1 Å². The van der Waals surface area contributed by atoms with Crippen molar-refractivity contribution in [3.8, 4) is 17.3 Å². The molecule has 38 heavy (non-hydrogen) atoms. The molecule has 2 aromatic carbocycles. The minimum Gasteiger partial charge on any atom is -0.463 e. The van der Waals surface area contributed by atoms with Gasteiger partial charge in [0.05, 0.1) is 12.0 Å². The Labute approximate surface area is 224 Å². The Kier molecular flexibility index (Phi) is 6.61. The van der Waals surface area contributed by atoms with Crippen molar-refractivity contribution < 1.29 is 9.13 Å². The summed E-state index contributed by atoms with van der Waals surface area (Å²) in [5.41, 5.74) is 11.8. The third-order valence-corrected chi connectivity index (χ3v) is 7.80. The molecule has 2 aromatic heterocycles. The van der Waals surface area contributed by atoms with Gasteiger partial charge in [0.25, 0.3) is 0 Å². The molecule has 2 unspecified atom stereocenters. The van der Waals surface area contributed by atoms with Crippen LogP contribution >= 0.6 is 11.6 Å². The normalized spacial score (nSPS) is 18.7. The summed E-state index contributed by atoms with van der Waals surface area (Å²) >= 11 is 6.54. The maximum Gasteiger partial charge on any atom is 0.319 e. The van der Waals surface area contributed by atoms with Gasteiger partial charge in [-0.2, -0.15) is 9.97 Å². The molecule has 2 bridgehead atoms. The van der Waals surface area contributed by atoms with Crippen LogP contribution in [0.5, 0.6) is 6.01 Å². The molecule has 196 valence electrons. The summed E-state index contributed by atoms with van der Waals surface area (Å²) < 4.78 is 22.2. The largest absolute Gasteiger partial charge is 0.463 e. The Hall–Kier alpha value is -3.72. The van der Waals surface area contributed by atoms with Gasteiger partial charge >= 0.3 is 6.01 Å². The Morgan fingerprint density at radius 2 is 1.87 bits per heavy atom.